The van der Waals surface area contributed by atoms with Crippen LogP contribution in [0.2, 0.25) is 0 Å². The molecule has 0 aliphatic heterocycles. The highest BCUT2D eigenvalue weighted by molar-refractivity contribution is 6.17. The molecule has 0 bridgehead atoms. The number of ketones is 1. The lowest BCUT2D eigenvalue weighted by atomic mass is 10.0. The Morgan fingerprint density at radius 2 is 1.86 bits per heavy atom. The Hall–Kier alpha value is -2.81. The molecule has 0 fully saturated rings. The minimum absolute atomic E-state index is 0.0311. The van der Waals surface area contributed by atoms with E-state index in [1.807, 2.05) is 53.2 Å². The highest BCUT2D eigenvalue weighted by Crippen LogP contribution is 2.27. The number of aromatic nitrogens is 1. The maximum absolute atomic E-state index is 12.9. The number of rotatable bonds is 5. The van der Waals surface area contributed by atoms with E-state index in [9.17, 15) is 4.79 Å². The summed E-state index contributed by atoms with van der Waals surface area (Å²) in [5.41, 5.74) is 2.29. The van der Waals surface area contributed by atoms with Crippen LogP contribution in [0.3, 0.4) is 0 Å². The fraction of sp³-hybridized carbons (Fsp3) is 0.105. The number of benzene rings is 2. The van der Waals surface area contributed by atoms with E-state index in [2.05, 4.69) is 6.58 Å². The van der Waals surface area contributed by atoms with E-state index in [1.54, 1.807) is 19.2 Å². The van der Waals surface area contributed by atoms with Gasteiger partial charge in [-0.25, -0.2) is 0 Å². The largest absolute Gasteiger partial charge is 0.496 e. The van der Waals surface area contributed by atoms with Crippen molar-refractivity contribution >= 4 is 16.7 Å². The number of carbonyl (C=O) groups is 1. The zero-order valence-electron chi connectivity index (χ0n) is 12.5. The van der Waals surface area contributed by atoms with Gasteiger partial charge in [-0.3, -0.25) is 4.79 Å². The summed E-state index contributed by atoms with van der Waals surface area (Å²) in [7, 11) is 1.58. The topological polar surface area (TPSA) is 31.2 Å². The van der Waals surface area contributed by atoms with Crippen molar-refractivity contribution in [2.24, 2.45) is 0 Å². The first-order valence-corrected chi connectivity index (χ1v) is 7.12. The van der Waals surface area contributed by atoms with E-state index >= 15 is 0 Å². The molecule has 0 unspecified atom stereocenters. The fourth-order valence-corrected chi connectivity index (χ4v) is 2.70. The van der Waals surface area contributed by atoms with Crippen LogP contribution in [0.5, 0.6) is 5.75 Å². The summed E-state index contributed by atoms with van der Waals surface area (Å²) in [6, 6.07) is 15.2. The molecular weight excluding hydrogens is 274 g/mol. The fourth-order valence-electron chi connectivity index (χ4n) is 2.70. The van der Waals surface area contributed by atoms with Crippen LogP contribution in [0.4, 0.5) is 0 Å². The van der Waals surface area contributed by atoms with Crippen LogP contribution in [0, 0.1) is 0 Å². The Morgan fingerprint density at radius 3 is 2.64 bits per heavy atom. The van der Waals surface area contributed by atoms with Gasteiger partial charge in [0, 0.05) is 29.2 Å². The predicted octanol–water partition coefficient (Wildman–Crippen LogP) is 4.07. The van der Waals surface area contributed by atoms with Crippen molar-refractivity contribution < 1.29 is 9.53 Å². The predicted molar refractivity (Wildman–Crippen MR) is 88.6 cm³/mol. The minimum Gasteiger partial charge on any atom is -0.496 e. The van der Waals surface area contributed by atoms with Gasteiger partial charge in [-0.2, -0.15) is 0 Å². The molecule has 0 saturated heterocycles. The molecule has 1 heterocycles. The molecule has 3 heteroatoms. The van der Waals surface area contributed by atoms with E-state index in [0.717, 1.165) is 10.9 Å². The summed E-state index contributed by atoms with van der Waals surface area (Å²) < 4.78 is 7.34. The minimum atomic E-state index is -0.0311. The summed E-state index contributed by atoms with van der Waals surface area (Å²) in [6.07, 6.45) is 3.71. The van der Waals surface area contributed by atoms with Crippen molar-refractivity contribution in [1.82, 2.24) is 4.57 Å². The van der Waals surface area contributed by atoms with Gasteiger partial charge in [0.1, 0.15) is 5.75 Å². The van der Waals surface area contributed by atoms with E-state index in [-0.39, 0.29) is 5.78 Å². The second kappa shape index (κ2) is 5.90. The lowest BCUT2D eigenvalue weighted by molar-refractivity contribution is 0.103. The van der Waals surface area contributed by atoms with Crippen LogP contribution in [-0.4, -0.2) is 17.5 Å². The molecule has 0 aliphatic carbocycles. The summed E-state index contributed by atoms with van der Waals surface area (Å²) in [5.74, 6) is 0.560. The first kappa shape index (κ1) is 14.1. The monoisotopic (exact) mass is 291 g/mol. The molecule has 0 N–H and O–H groups in total. The zero-order valence-corrected chi connectivity index (χ0v) is 12.5. The number of para-hydroxylation sites is 2. The Morgan fingerprint density at radius 1 is 1.14 bits per heavy atom. The SMILES string of the molecule is C=CCn1cc(C(=O)c2ccccc2OC)c2ccccc21. The third-order valence-corrected chi connectivity index (χ3v) is 3.71. The third-order valence-electron chi connectivity index (χ3n) is 3.71. The van der Waals surface area contributed by atoms with Crippen LogP contribution in [0.1, 0.15) is 15.9 Å². The number of hydrogen-bond donors (Lipinski definition) is 0. The average molecular weight is 291 g/mol. The maximum atomic E-state index is 12.9. The highest BCUT2D eigenvalue weighted by atomic mass is 16.5. The van der Waals surface area contributed by atoms with Gasteiger partial charge < -0.3 is 9.30 Å². The van der Waals surface area contributed by atoms with Crippen LogP contribution < -0.4 is 4.74 Å². The van der Waals surface area contributed by atoms with Crippen molar-refractivity contribution in [1.29, 1.82) is 0 Å². The molecule has 1 aromatic heterocycles. The van der Waals surface area contributed by atoms with Gasteiger partial charge in [0.25, 0.3) is 0 Å². The first-order valence-electron chi connectivity index (χ1n) is 7.12. The van der Waals surface area contributed by atoms with Crippen LogP contribution >= 0.6 is 0 Å². The molecule has 0 radical (unpaired) electrons. The first-order chi connectivity index (χ1) is 10.8. The van der Waals surface area contributed by atoms with Crippen molar-refractivity contribution in [2.75, 3.05) is 7.11 Å². The van der Waals surface area contributed by atoms with E-state index in [4.69, 9.17) is 4.74 Å². The van der Waals surface area contributed by atoms with Gasteiger partial charge in [0.15, 0.2) is 5.78 Å². The molecule has 22 heavy (non-hydrogen) atoms. The molecule has 3 nitrogen and oxygen atoms in total. The molecule has 3 aromatic rings. The molecule has 0 spiro atoms. The molecule has 0 saturated carbocycles. The van der Waals surface area contributed by atoms with E-state index in [0.29, 0.717) is 23.4 Å². The van der Waals surface area contributed by atoms with Gasteiger partial charge in [0.05, 0.1) is 12.7 Å². The van der Waals surface area contributed by atoms with Gasteiger partial charge >= 0.3 is 0 Å². The van der Waals surface area contributed by atoms with Gasteiger partial charge in [-0.1, -0.05) is 36.4 Å². The molecule has 3 rings (SSSR count). The summed E-state index contributed by atoms with van der Waals surface area (Å²) in [4.78, 5) is 12.9. The Balaban J connectivity index is 2.17. The number of nitrogens with zero attached hydrogens (tertiary/aromatic N) is 1. The highest BCUT2D eigenvalue weighted by Gasteiger charge is 2.19. The number of fused-ring (bicyclic) bond motifs is 1. The van der Waals surface area contributed by atoms with Gasteiger partial charge in [-0.15, -0.1) is 6.58 Å². The summed E-state index contributed by atoms with van der Waals surface area (Å²) >= 11 is 0. The quantitative estimate of drug-likeness (QED) is 0.524. The normalized spacial score (nSPS) is 10.6. The van der Waals surface area contributed by atoms with Crippen molar-refractivity contribution in [3.63, 3.8) is 0 Å². The lowest BCUT2D eigenvalue weighted by Gasteiger charge is -2.06. The Bertz CT molecular complexity index is 846. The maximum Gasteiger partial charge on any atom is 0.198 e. The molecule has 0 amide bonds. The zero-order chi connectivity index (χ0) is 15.5. The summed E-state index contributed by atoms with van der Waals surface area (Å²) in [6.45, 7) is 4.44. The van der Waals surface area contributed by atoms with E-state index in [1.165, 1.54) is 0 Å². The standard InChI is InChI=1S/C19H17NO2/c1-3-12-20-13-16(14-8-4-6-10-17(14)20)19(21)15-9-5-7-11-18(15)22-2/h3-11,13H,1,12H2,2H3. The Kier molecular flexibility index (Phi) is 3.79. The van der Waals surface area contributed by atoms with Crippen LogP contribution in [-0.2, 0) is 6.54 Å². The molecule has 2 aromatic carbocycles. The van der Waals surface area contributed by atoms with Gasteiger partial charge in [0.2, 0.25) is 0 Å². The third kappa shape index (κ3) is 2.31. The number of carbonyl (C=O) groups excluding carboxylic acids is 1. The Labute approximate surface area is 129 Å². The molecule has 110 valence electrons. The second-order valence-corrected chi connectivity index (χ2v) is 5.03. The molecular formula is C19H17NO2. The van der Waals surface area contributed by atoms with Crippen molar-refractivity contribution in [2.45, 2.75) is 6.54 Å². The molecule has 0 atom stereocenters. The van der Waals surface area contributed by atoms with Gasteiger partial charge in [-0.05, 0) is 18.2 Å². The van der Waals surface area contributed by atoms with E-state index < -0.39 is 0 Å². The number of allylic oxidation sites excluding steroid dienone is 1. The average Bonchev–Trinajstić information content (AvgIpc) is 2.93. The molecule has 0 aliphatic rings. The van der Waals surface area contributed by atoms with Crippen LogP contribution in [0.25, 0.3) is 10.9 Å². The number of methoxy groups -OCH3 is 1. The second-order valence-electron chi connectivity index (χ2n) is 5.03. The number of hydrogen-bond acceptors (Lipinski definition) is 2. The lowest BCUT2D eigenvalue weighted by Crippen LogP contribution is -2.03. The number of ether oxygens (including phenoxy) is 1. The summed E-state index contributed by atoms with van der Waals surface area (Å²) in [5, 5.41) is 0.945. The van der Waals surface area contributed by atoms with Crippen molar-refractivity contribution in [3.8, 4) is 5.75 Å². The van der Waals surface area contributed by atoms with Crippen molar-refractivity contribution in [3.05, 3.63) is 78.5 Å². The smallest absolute Gasteiger partial charge is 0.198 e. The van der Waals surface area contributed by atoms with Crippen LogP contribution in [0.15, 0.2) is 67.4 Å².